The summed E-state index contributed by atoms with van der Waals surface area (Å²) in [6.45, 7) is 4.81. The van der Waals surface area contributed by atoms with Gasteiger partial charge in [-0.1, -0.05) is 12.1 Å². The van der Waals surface area contributed by atoms with Crippen LogP contribution in [0.2, 0.25) is 0 Å². The van der Waals surface area contributed by atoms with Crippen molar-refractivity contribution >= 4 is 17.3 Å². The zero-order chi connectivity index (χ0) is 13.8. The highest BCUT2D eigenvalue weighted by Crippen LogP contribution is 2.19. The Morgan fingerprint density at radius 2 is 2.11 bits per heavy atom. The van der Waals surface area contributed by atoms with E-state index in [4.69, 9.17) is 5.11 Å². The van der Waals surface area contributed by atoms with Crippen molar-refractivity contribution in [3.8, 4) is 0 Å². The maximum Gasteiger partial charge on any atom is 0.335 e. The predicted octanol–water partition coefficient (Wildman–Crippen LogP) is 3.00. The minimum Gasteiger partial charge on any atom is -0.478 e. The zero-order valence-corrected chi connectivity index (χ0v) is 11.7. The number of hydrogen-bond donors (Lipinski definition) is 2. The smallest absolute Gasteiger partial charge is 0.335 e. The first-order valence-electron chi connectivity index (χ1n) is 6.04. The first-order valence-corrected chi connectivity index (χ1v) is 6.86. The largest absolute Gasteiger partial charge is 0.478 e. The molecule has 100 valence electrons. The number of benzene rings is 1. The summed E-state index contributed by atoms with van der Waals surface area (Å²) in [5.74, 6) is -0.897. The molecule has 0 amide bonds. The second-order valence-corrected chi connectivity index (χ2v) is 5.68. The lowest BCUT2D eigenvalue weighted by atomic mass is 10.1. The summed E-state index contributed by atoms with van der Waals surface area (Å²) >= 11 is 1.69. The molecule has 0 radical (unpaired) electrons. The predicted molar refractivity (Wildman–Crippen MR) is 75.5 cm³/mol. The molecule has 1 atom stereocenters. The maximum atomic E-state index is 10.7. The molecule has 0 spiro atoms. The molecule has 5 heteroatoms. The molecular weight excluding hydrogens is 260 g/mol. The Morgan fingerprint density at radius 3 is 2.63 bits per heavy atom. The highest BCUT2D eigenvalue weighted by molar-refractivity contribution is 7.11. The molecule has 0 aliphatic carbocycles. The summed E-state index contributed by atoms with van der Waals surface area (Å²) < 4.78 is 0. The van der Waals surface area contributed by atoms with Crippen molar-refractivity contribution < 1.29 is 9.90 Å². The SMILES string of the molecule is Cc1cnc(C(C)NCc2ccc(C(=O)O)cc2)s1. The third-order valence-electron chi connectivity index (χ3n) is 2.82. The van der Waals surface area contributed by atoms with E-state index < -0.39 is 5.97 Å². The van der Waals surface area contributed by atoms with Crippen molar-refractivity contribution in [3.05, 3.63) is 51.5 Å². The maximum absolute atomic E-state index is 10.7. The fourth-order valence-corrected chi connectivity index (χ4v) is 2.50. The molecular formula is C14H16N2O2S. The number of hydrogen-bond acceptors (Lipinski definition) is 4. The molecule has 1 unspecified atom stereocenters. The van der Waals surface area contributed by atoms with Crippen LogP contribution in [0.25, 0.3) is 0 Å². The molecule has 2 N–H and O–H groups in total. The molecule has 0 aliphatic heterocycles. The van der Waals surface area contributed by atoms with Crippen LogP contribution in [0.15, 0.2) is 30.5 Å². The fourth-order valence-electron chi connectivity index (χ4n) is 1.70. The highest BCUT2D eigenvalue weighted by atomic mass is 32.1. The van der Waals surface area contributed by atoms with Crippen LogP contribution >= 0.6 is 11.3 Å². The Bertz CT molecular complexity index is 563. The minimum absolute atomic E-state index is 0.192. The van der Waals surface area contributed by atoms with Crippen LogP contribution in [0.5, 0.6) is 0 Å². The third kappa shape index (κ3) is 3.62. The Kier molecular flexibility index (Phi) is 4.29. The van der Waals surface area contributed by atoms with E-state index in [0.717, 1.165) is 10.6 Å². The lowest BCUT2D eigenvalue weighted by Gasteiger charge is -2.11. The van der Waals surface area contributed by atoms with E-state index in [2.05, 4.69) is 17.2 Å². The molecule has 19 heavy (non-hydrogen) atoms. The van der Waals surface area contributed by atoms with Gasteiger partial charge in [0.05, 0.1) is 11.6 Å². The number of rotatable bonds is 5. The first kappa shape index (κ1) is 13.7. The number of carboxylic acids is 1. The van der Waals surface area contributed by atoms with Crippen LogP contribution in [0.4, 0.5) is 0 Å². The normalized spacial score (nSPS) is 12.3. The summed E-state index contributed by atoms with van der Waals surface area (Å²) in [7, 11) is 0. The van der Waals surface area contributed by atoms with Gasteiger partial charge in [0.1, 0.15) is 5.01 Å². The van der Waals surface area contributed by atoms with Gasteiger partial charge in [0.15, 0.2) is 0 Å². The highest BCUT2D eigenvalue weighted by Gasteiger charge is 2.09. The van der Waals surface area contributed by atoms with Gasteiger partial charge in [0.2, 0.25) is 0 Å². The van der Waals surface area contributed by atoms with Crippen LogP contribution in [0.1, 0.15) is 38.8 Å². The van der Waals surface area contributed by atoms with Gasteiger partial charge in [-0.3, -0.25) is 0 Å². The summed E-state index contributed by atoms with van der Waals surface area (Å²) in [6, 6.07) is 7.10. The van der Waals surface area contributed by atoms with Gasteiger partial charge < -0.3 is 10.4 Å². The number of carbonyl (C=O) groups is 1. The van der Waals surface area contributed by atoms with Crippen LogP contribution in [-0.2, 0) is 6.54 Å². The van der Waals surface area contributed by atoms with Gasteiger partial charge in [-0.15, -0.1) is 11.3 Å². The molecule has 0 saturated carbocycles. The molecule has 0 aliphatic rings. The summed E-state index contributed by atoms with van der Waals surface area (Å²) in [5, 5.41) is 13.3. The molecule has 4 nitrogen and oxygen atoms in total. The number of aryl methyl sites for hydroxylation is 1. The summed E-state index contributed by atoms with van der Waals surface area (Å²) in [4.78, 5) is 16.3. The van der Waals surface area contributed by atoms with Crippen molar-refractivity contribution in [3.63, 3.8) is 0 Å². The van der Waals surface area contributed by atoms with Crippen molar-refractivity contribution in [2.75, 3.05) is 0 Å². The van der Waals surface area contributed by atoms with Gasteiger partial charge in [-0.05, 0) is 31.5 Å². The second-order valence-electron chi connectivity index (χ2n) is 4.41. The summed E-state index contributed by atoms with van der Waals surface area (Å²) in [5.41, 5.74) is 1.37. The lowest BCUT2D eigenvalue weighted by Crippen LogP contribution is -2.17. The topological polar surface area (TPSA) is 62.2 Å². The monoisotopic (exact) mass is 276 g/mol. The standard InChI is InChI=1S/C14H16N2O2S/c1-9-7-16-13(19-9)10(2)15-8-11-3-5-12(6-4-11)14(17)18/h3-7,10,15H,8H2,1-2H3,(H,17,18). The second kappa shape index (κ2) is 5.95. The van der Waals surface area contributed by atoms with E-state index in [9.17, 15) is 4.79 Å². The average molecular weight is 276 g/mol. The summed E-state index contributed by atoms with van der Waals surface area (Å²) in [6.07, 6.45) is 1.87. The van der Waals surface area contributed by atoms with Crippen LogP contribution in [-0.4, -0.2) is 16.1 Å². The molecule has 2 aromatic rings. The average Bonchev–Trinajstić information content (AvgIpc) is 2.83. The Morgan fingerprint density at radius 1 is 1.42 bits per heavy atom. The number of nitrogens with zero attached hydrogens (tertiary/aromatic N) is 1. The van der Waals surface area contributed by atoms with Crippen LogP contribution in [0, 0.1) is 6.92 Å². The molecule has 0 saturated heterocycles. The van der Waals surface area contributed by atoms with E-state index in [1.165, 1.54) is 4.88 Å². The Labute approximate surface area is 116 Å². The van der Waals surface area contributed by atoms with Gasteiger partial charge in [0.25, 0.3) is 0 Å². The van der Waals surface area contributed by atoms with E-state index >= 15 is 0 Å². The molecule has 0 fully saturated rings. The molecule has 1 aromatic carbocycles. The van der Waals surface area contributed by atoms with E-state index in [1.807, 2.05) is 25.3 Å². The first-order chi connectivity index (χ1) is 9.06. The van der Waals surface area contributed by atoms with Crippen molar-refractivity contribution in [1.82, 2.24) is 10.3 Å². The lowest BCUT2D eigenvalue weighted by molar-refractivity contribution is 0.0697. The minimum atomic E-state index is -0.897. The molecule has 0 bridgehead atoms. The fraction of sp³-hybridized carbons (Fsp3) is 0.286. The van der Waals surface area contributed by atoms with Gasteiger partial charge in [0, 0.05) is 17.6 Å². The Balaban J connectivity index is 1.93. The van der Waals surface area contributed by atoms with Gasteiger partial charge in [-0.25, -0.2) is 9.78 Å². The number of nitrogens with one attached hydrogen (secondary N) is 1. The number of aromatic carboxylic acids is 1. The number of carboxylic acid groups (broad SMARTS) is 1. The van der Waals surface area contributed by atoms with Gasteiger partial charge >= 0.3 is 5.97 Å². The van der Waals surface area contributed by atoms with Gasteiger partial charge in [-0.2, -0.15) is 0 Å². The van der Waals surface area contributed by atoms with Crippen molar-refractivity contribution in [2.45, 2.75) is 26.4 Å². The van der Waals surface area contributed by atoms with E-state index in [1.54, 1.807) is 23.5 Å². The number of thiazole rings is 1. The van der Waals surface area contributed by atoms with E-state index in [-0.39, 0.29) is 6.04 Å². The van der Waals surface area contributed by atoms with Crippen LogP contribution < -0.4 is 5.32 Å². The third-order valence-corrected chi connectivity index (χ3v) is 3.92. The molecule has 1 heterocycles. The zero-order valence-electron chi connectivity index (χ0n) is 10.9. The van der Waals surface area contributed by atoms with Crippen molar-refractivity contribution in [1.29, 1.82) is 0 Å². The molecule has 2 rings (SSSR count). The Hall–Kier alpha value is -1.72. The molecule has 1 aromatic heterocycles. The number of aromatic nitrogens is 1. The van der Waals surface area contributed by atoms with E-state index in [0.29, 0.717) is 12.1 Å². The van der Waals surface area contributed by atoms with Crippen LogP contribution in [0.3, 0.4) is 0 Å². The quantitative estimate of drug-likeness (QED) is 0.881. The van der Waals surface area contributed by atoms with Crippen molar-refractivity contribution in [2.24, 2.45) is 0 Å².